The largest absolute Gasteiger partial charge is 0.459 e. The zero-order valence-electron chi connectivity index (χ0n) is 14.9. The summed E-state index contributed by atoms with van der Waals surface area (Å²) < 4.78 is 29.7. The van der Waals surface area contributed by atoms with E-state index >= 15 is 0 Å². The predicted octanol–water partition coefficient (Wildman–Crippen LogP) is 3.46. The first-order valence-corrected chi connectivity index (χ1v) is 10.4. The van der Waals surface area contributed by atoms with E-state index in [4.69, 9.17) is 16.3 Å². The van der Waals surface area contributed by atoms with Crippen LogP contribution in [0.5, 0.6) is 0 Å². The number of hydrogen-bond donors (Lipinski definition) is 1. The van der Waals surface area contributed by atoms with Gasteiger partial charge in [-0.15, -0.1) is 0 Å². The van der Waals surface area contributed by atoms with E-state index in [-0.39, 0.29) is 17.4 Å². The Labute approximate surface area is 163 Å². The molecule has 2 rings (SSSR count). The Morgan fingerprint density at radius 3 is 2.41 bits per heavy atom. The molecule has 6 nitrogen and oxygen atoms in total. The van der Waals surface area contributed by atoms with Crippen LogP contribution in [0.1, 0.15) is 29.8 Å². The molecule has 1 amide bonds. The molecule has 0 aliphatic heterocycles. The van der Waals surface area contributed by atoms with Crippen LogP contribution in [0, 0.1) is 0 Å². The number of hydrogen-bond acceptors (Lipinski definition) is 5. The summed E-state index contributed by atoms with van der Waals surface area (Å²) in [6, 6.07) is 12.5. The summed E-state index contributed by atoms with van der Waals surface area (Å²) in [7, 11) is -3.72. The maximum absolute atomic E-state index is 12.3. The lowest BCUT2D eigenvalue weighted by Crippen LogP contribution is -2.24. The molecular weight excluding hydrogens is 390 g/mol. The molecule has 144 valence electrons. The van der Waals surface area contributed by atoms with E-state index in [2.05, 4.69) is 5.32 Å². The first kappa shape index (κ1) is 20.9. The van der Waals surface area contributed by atoms with Gasteiger partial charge in [0.15, 0.2) is 9.84 Å². The Balaban J connectivity index is 2.02. The molecule has 1 N–H and O–H groups in total. The maximum atomic E-state index is 12.3. The first-order chi connectivity index (χ1) is 12.6. The Morgan fingerprint density at radius 1 is 1.11 bits per heavy atom. The van der Waals surface area contributed by atoms with E-state index in [0.29, 0.717) is 16.3 Å². The van der Waals surface area contributed by atoms with Crippen molar-refractivity contribution >= 4 is 39.0 Å². The Kier molecular flexibility index (Phi) is 6.98. The van der Waals surface area contributed by atoms with Crippen LogP contribution in [0.25, 0.3) is 0 Å². The van der Waals surface area contributed by atoms with Crippen molar-refractivity contribution in [3.63, 3.8) is 0 Å². The molecule has 8 heteroatoms. The fraction of sp³-hybridized carbons (Fsp3) is 0.263. The second-order valence-corrected chi connectivity index (χ2v) is 8.74. The fourth-order valence-electron chi connectivity index (χ4n) is 2.31. The van der Waals surface area contributed by atoms with Gasteiger partial charge in [-0.2, -0.15) is 0 Å². The van der Waals surface area contributed by atoms with Crippen molar-refractivity contribution < 1.29 is 22.7 Å². The second kappa shape index (κ2) is 9.01. The van der Waals surface area contributed by atoms with Gasteiger partial charge in [0.25, 0.3) is 0 Å². The number of carbonyl (C=O) groups excluding carboxylic acids is 2. The van der Waals surface area contributed by atoms with E-state index in [1.54, 1.807) is 56.3 Å². The van der Waals surface area contributed by atoms with Gasteiger partial charge in [-0.1, -0.05) is 23.7 Å². The number of benzene rings is 2. The van der Waals surface area contributed by atoms with Crippen LogP contribution in [0.4, 0.5) is 5.69 Å². The molecule has 27 heavy (non-hydrogen) atoms. The zero-order chi connectivity index (χ0) is 20.0. The lowest BCUT2D eigenvalue weighted by Gasteiger charge is -2.10. The molecule has 0 saturated heterocycles. The summed E-state index contributed by atoms with van der Waals surface area (Å²) in [6.07, 6.45) is -0.276. The van der Waals surface area contributed by atoms with Crippen molar-refractivity contribution in [2.45, 2.75) is 25.7 Å². The third-order valence-corrected chi connectivity index (χ3v) is 5.10. The van der Waals surface area contributed by atoms with E-state index in [1.165, 1.54) is 6.07 Å². The second-order valence-electron chi connectivity index (χ2n) is 6.24. The van der Waals surface area contributed by atoms with Crippen molar-refractivity contribution in [3.8, 4) is 0 Å². The van der Waals surface area contributed by atoms with Gasteiger partial charge in [-0.3, -0.25) is 4.79 Å². The van der Waals surface area contributed by atoms with E-state index in [9.17, 15) is 18.0 Å². The molecule has 0 bridgehead atoms. The molecule has 0 aliphatic carbocycles. The average molecular weight is 410 g/mol. The molecule has 0 saturated carbocycles. The van der Waals surface area contributed by atoms with Crippen LogP contribution < -0.4 is 5.32 Å². The third kappa shape index (κ3) is 7.03. The van der Waals surface area contributed by atoms with Gasteiger partial charge in [0, 0.05) is 10.7 Å². The minimum Gasteiger partial charge on any atom is -0.459 e. The number of sulfone groups is 1. The summed E-state index contributed by atoms with van der Waals surface area (Å²) in [6.45, 7) is 3.46. The van der Waals surface area contributed by atoms with Crippen molar-refractivity contribution in [3.05, 3.63) is 64.7 Å². The van der Waals surface area contributed by atoms with E-state index < -0.39 is 27.5 Å². The van der Waals surface area contributed by atoms with Gasteiger partial charge in [0.05, 0.1) is 17.4 Å². The number of halogens is 1. The SMILES string of the molecule is CC(C)OC(=O)c1cccc(CS(=O)(=O)CC(=O)Nc2ccc(Cl)cc2)c1. The van der Waals surface area contributed by atoms with Crippen molar-refractivity contribution in [1.29, 1.82) is 0 Å². The number of nitrogens with one attached hydrogen (secondary N) is 1. The summed E-state index contributed by atoms with van der Waals surface area (Å²) >= 11 is 5.77. The van der Waals surface area contributed by atoms with E-state index in [0.717, 1.165) is 0 Å². The summed E-state index contributed by atoms with van der Waals surface area (Å²) in [4.78, 5) is 23.9. The number of carbonyl (C=O) groups is 2. The van der Waals surface area contributed by atoms with E-state index in [1.807, 2.05) is 0 Å². The van der Waals surface area contributed by atoms with Gasteiger partial charge >= 0.3 is 5.97 Å². The summed E-state index contributed by atoms with van der Waals surface area (Å²) in [5.41, 5.74) is 1.13. The Bertz CT molecular complexity index is 923. The lowest BCUT2D eigenvalue weighted by molar-refractivity contribution is -0.113. The first-order valence-electron chi connectivity index (χ1n) is 8.20. The lowest BCUT2D eigenvalue weighted by atomic mass is 10.1. The number of amides is 1. The maximum Gasteiger partial charge on any atom is 0.338 e. The summed E-state index contributed by atoms with van der Waals surface area (Å²) in [5.74, 6) is -2.20. The van der Waals surface area contributed by atoms with Crippen LogP contribution in [0.3, 0.4) is 0 Å². The molecule has 0 unspecified atom stereocenters. The van der Waals surface area contributed by atoms with Gasteiger partial charge in [0.1, 0.15) is 5.75 Å². The standard InChI is InChI=1S/C19H20ClNO5S/c1-13(2)26-19(23)15-5-3-4-14(10-15)11-27(24,25)12-18(22)21-17-8-6-16(20)7-9-17/h3-10,13H,11-12H2,1-2H3,(H,21,22). The normalized spacial score (nSPS) is 11.3. The monoisotopic (exact) mass is 409 g/mol. The molecule has 0 aliphatic rings. The van der Waals surface area contributed by atoms with Gasteiger partial charge < -0.3 is 10.1 Å². The highest BCUT2D eigenvalue weighted by molar-refractivity contribution is 7.91. The van der Waals surface area contributed by atoms with Crippen LogP contribution >= 0.6 is 11.6 Å². The topological polar surface area (TPSA) is 89.5 Å². The van der Waals surface area contributed by atoms with Gasteiger partial charge in [-0.05, 0) is 55.8 Å². The number of anilines is 1. The molecule has 0 aromatic heterocycles. The molecule has 2 aromatic carbocycles. The van der Waals surface area contributed by atoms with Crippen molar-refractivity contribution in [2.24, 2.45) is 0 Å². The highest BCUT2D eigenvalue weighted by Crippen LogP contribution is 2.15. The van der Waals surface area contributed by atoms with Crippen LogP contribution in [-0.4, -0.2) is 32.2 Å². The highest BCUT2D eigenvalue weighted by atomic mass is 35.5. The average Bonchev–Trinajstić information content (AvgIpc) is 2.55. The number of esters is 1. The third-order valence-electron chi connectivity index (χ3n) is 3.37. The predicted molar refractivity (Wildman–Crippen MR) is 105 cm³/mol. The molecule has 0 heterocycles. The Hall–Kier alpha value is -2.38. The van der Waals surface area contributed by atoms with Crippen LogP contribution in [0.15, 0.2) is 48.5 Å². The molecule has 0 radical (unpaired) electrons. The number of rotatable bonds is 7. The van der Waals surface area contributed by atoms with Gasteiger partial charge in [-0.25, -0.2) is 13.2 Å². The minimum atomic E-state index is -3.72. The molecular formula is C19H20ClNO5S. The number of ether oxygens (including phenoxy) is 1. The molecule has 0 spiro atoms. The zero-order valence-corrected chi connectivity index (χ0v) is 16.5. The fourth-order valence-corrected chi connectivity index (χ4v) is 3.69. The molecule has 2 aromatic rings. The molecule has 0 atom stereocenters. The van der Waals surface area contributed by atoms with Crippen LogP contribution in [-0.2, 0) is 25.1 Å². The highest BCUT2D eigenvalue weighted by Gasteiger charge is 2.19. The minimum absolute atomic E-state index is 0.266. The van der Waals surface area contributed by atoms with Crippen molar-refractivity contribution in [1.82, 2.24) is 0 Å². The van der Waals surface area contributed by atoms with Gasteiger partial charge in [0.2, 0.25) is 5.91 Å². The summed E-state index contributed by atoms with van der Waals surface area (Å²) in [5, 5.41) is 3.02. The molecule has 0 fully saturated rings. The quantitative estimate of drug-likeness (QED) is 0.707. The van der Waals surface area contributed by atoms with Crippen molar-refractivity contribution in [2.75, 3.05) is 11.1 Å². The smallest absolute Gasteiger partial charge is 0.338 e. The Morgan fingerprint density at radius 2 is 1.78 bits per heavy atom. The van der Waals surface area contributed by atoms with Crippen LogP contribution in [0.2, 0.25) is 5.02 Å².